The Bertz CT molecular complexity index is 843. The van der Waals surface area contributed by atoms with E-state index in [2.05, 4.69) is 5.10 Å². The van der Waals surface area contributed by atoms with Crippen molar-refractivity contribution in [2.24, 2.45) is 5.10 Å². The smallest absolute Gasteiger partial charge is 0.330 e. The molecule has 1 atom stereocenters. The van der Waals surface area contributed by atoms with Crippen LogP contribution in [0, 0.1) is 0 Å². The second-order valence-electron chi connectivity index (χ2n) is 5.92. The maximum atomic E-state index is 12.9. The lowest BCUT2D eigenvalue weighted by Gasteiger charge is -2.31. The van der Waals surface area contributed by atoms with Crippen molar-refractivity contribution in [2.75, 3.05) is 25.2 Å². The lowest BCUT2D eigenvalue weighted by atomic mass is 10.2. The van der Waals surface area contributed by atoms with Crippen LogP contribution in [0.5, 0.6) is 0 Å². The zero-order valence-corrected chi connectivity index (χ0v) is 14.8. The highest BCUT2D eigenvalue weighted by atomic mass is 32.2. The topological polar surface area (TPSA) is 96.3 Å². The number of nitrogens with zero attached hydrogens (tertiary/aromatic N) is 3. The molecule has 1 unspecified atom stereocenters. The van der Waals surface area contributed by atoms with E-state index in [0.717, 1.165) is 12.8 Å². The number of anilines is 1. The van der Waals surface area contributed by atoms with Crippen molar-refractivity contribution < 1.29 is 22.7 Å². The molecule has 134 valence electrons. The van der Waals surface area contributed by atoms with Crippen molar-refractivity contribution in [3.8, 4) is 0 Å². The van der Waals surface area contributed by atoms with Gasteiger partial charge in [-0.15, -0.1) is 0 Å². The molecule has 0 N–H and O–H groups in total. The number of hydrogen-bond donors (Lipinski definition) is 0. The minimum absolute atomic E-state index is 0.0386. The number of para-hydroxylation sites is 1. The first-order valence-corrected chi connectivity index (χ1v) is 9.45. The number of carbonyl (C=O) groups excluding carboxylic acids is 2. The van der Waals surface area contributed by atoms with Gasteiger partial charge in [0.2, 0.25) is 14.9 Å². The highest BCUT2D eigenvalue weighted by Gasteiger charge is 2.41. The number of hydrogen-bond acceptors (Lipinski definition) is 7. The molecule has 0 saturated carbocycles. The van der Waals surface area contributed by atoms with E-state index < -0.39 is 32.8 Å². The molecule has 1 fully saturated rings. The number of ether oxygens (including phenoxy) is 1. The maximum Gasteiger partial charge on any atom is 0.330 e. The Labute approximate surface area is 146 Å². The predicted molar refractivity (Wildman–Crippen MR) is 90.8 cm³/mol. The molecule has 2 aliphatic rings. The molecule has 0 aliphatic carbocycles. The van der Waals surface area contributed by atoms with Gasteiger partial charge in [-0.2, -0.15) is 5.10 Å². The lowest BCUT2D eigenvalue weighted by Crippen LogP contribution is -2.46. The first-order valence-electron chi connectivity index (χ1n) is 7.97. The monoisotopic (exact) mass is 365 g/mol. The second kappa shape index (κ2) is 6.47. The number of benzene rings is 1. The number of esters is 1. The number of amides is 1. The van der Waals surface area contributed by atoms with E-state index in [0.29, 0.717) is 13.1 Å². The molecule has 25 heavy (non-hydrogen) atoms. The van der Waals surface area contributed by atoms with Crippen LogP contribution < -0.4 is 5.01 Å². The summed E-state index contributed by atoms with van der Waals surface area (Å²) in [5, 5.41) is 4.75. The van der Waals surface area contributed by atoms with Gasteiger partial charge >= 0.3 is 5.97 Å². The fourth-order valence-electron chi connectivity index (χ4n) is 2.96. The van der Waals surface area contributed by atoms with Gasteiger partial charge in [-0.1, -0.05) is 12.1 Å². The summed E-state index contributed by atoms with van der Waals surface area (Å²) in [7, 11) is -2.81. The molecule has 0 bridgehead atoms. The molecule has 1 aromatic rings. The number of fused-ring (bicyclic) bond motifs is 1. The van der Waals surface area contributed by atoms with Crippen LogP contribution in [-0.2, 0) is 24.2 Å². The number of methoxy groups -OCH3 is 1. The van der Waals surface area contributed by atoms with Crippen molar-refractivity contribution in [2.45, 2.75) is 30.7 Å². The fourth-order valence-corrected chi connectivity index (χ4v) is 4.42. The highest BCUT2D eigenvalue weighted by Crippen LogP contribution is 2.33. The summed E-state index contributed by atoms with van der Waals surface area (Å²) in [5.74, 6) is -1.21. The van der Waals surface area contributed by atoms with E-state index in [4.69, 9.17) is 4.74 Å². The van der Waals surface area contributed by atoms with Gasteiger partial charge in [0, 0.05) is 13.1 Å². The van der Waals surface area contributed by atoms with Crippen LogP contribution in [0.15, 0.2) is 34.3 Å². The van der Waals surface area contributed by atoms with Crippen molar-refractivity contribution in [1.82, 2.24) is 4.90 Å². The second-order valence-corrected chi connectivity index (χ2v) is 7.75. The Kier molecular flexibility index (Phi) is 4.51. The molecule has 2 aliphatic heterocycles. The van der Waals surface area contributed by atoms with Crippen LogP contribution in [0.25, 0.3) is 0 Å². The average molecular weight is 365 g/mol. The van der Waals surface area contributed by atoms with Gasteiger partial charge in [0.15, 0.2) is 0 Å². The van der Waals surface area contributed by atoms with Crippen molar-refractivity contribution in [3.63, 3.8) is 0 Å². The molecule has 1 saturated heterocycles. The summed E-state index contributed by atoms with van der Waals surface area (Å²) >= 11 is 0. The fraction of sp³-hybridized carbons (Fsp3) is 0.438. The van der Waals surface area contributed by atoms with Gasteiger partial charge in [0.05, 0.1) is 17.7 Å². The van der Waals surface area contributed by atoms with E-state index in [1.165, 1.54) is 23.1 Å². The average Bonchev–Trinajstić information content (AvgIpc) is 3.15. The van der Waals surface area contributed by atoms with Crippen LogP contribution in [0.2, 0.25) is 0 Å². The summed E-state index contributed by atoms with van der Waals surface area (Å²) in [6.45, 7) is 2.55. The van der Waals surface area contributed by atoms with Gasteiger partial charge in [0.1, 0.15) is 6.04 Å². The van der Waals surface area contributed by atoms with Crippen molar-refractivity contribution >= 4 is 32.4 Å². The summed E-state index contributed by atoms with van der Waals surface area (Å²) in [4.78, 5) is 26.1. The SMILES string of the molecule is COC(=O)C(C)N1N=C(C(=O)N2CCCC2)S(=O)(=O)c2ccccc21. The van der Waals surface area contributed by atoms with Crippen LogP contribution in [0.4, 0.5) is 5.69 Å². The quantitative estimate of drug-likeness (QED) is 0.735. The summed E-state index contributed by atoms with van der Waals surface area (Å²) in [6, 6.07) is 5.30. The standard InChI is InChI=1S/C16H19N3O5S/c1-11(16(21)24-2)19-12-7-3-4-8-13(12)25(22,23)14(17-19)15(20)18-9-5-6-10-18/h3-4,7-8,11H,5-6,9-10H2,1-2H3. The summed E-state index contributed by atoms with van der Waals surface area (Å²) in [5.41, 5.74) is 0.248. The third-order valence-electron chi connectivity index (χ3n) is 4.34. The molecule has 3 rings (SSSR count). The van der Waals surface area contributed by atoms with Crippen molar-refractivity contribution in [3.05, 3.63) is 24.3 Å². The molecule has 0 radical (unpaired) electrons. The first kappa shape index (κ1) is 17.4. The van der Waals surface area contributed by atoms with Gasteiger partial charge in [0.25, 0.3) is 5.91 Å². The zero-order valence-electron chi connectivity index (χ0n) is 14.0. The maximum absolute atomic E-state index is 12.9. The third-order valence-corrected chi connectivity index (χ3v) is 6.03. The lowest BCUT2D eigenvalue weighted by molar-refractivity contribution is -0.141. The molecule has 0 spiro atoms. The Hall–Kier alpha value is -2.42. The van der Waals surface area contributed by atoms with Crippen LogP contribution in [-0.4, -0.2) is 56.5 Å². The molecule has 0 aromatic heterocycles. The van der Waals surface area contributed by atoms with E-state index in [-0.39, 0.29) is 10.6 Å². The Morgan fingerprint density at radius 1 is 1.20 bits per heavy atom. The minimum Gasteiger partial charge on any atom is -0.467 e. The molecular weight excluding hydrogens is 346 g/mol. The van der Waals surface area contributed by atoms with E-state index in [1.807, 2.05) is 0 Å². The predicted octanol–water partition coefficient (Wildman–Crippen LogP) is 0.778. The van der Waals surface area contributed by atoms with Crippen LogP contribution >= 0.6 is 0 Å². The number of sulfone groups is 1. The highest BCUT2D eigenvalue weighted by molar-refractivity contribution is 8.08. The minimum atomic E-state index is -4.05. The Morgan fingerprint density at radius 3 is 2.48 bits per heavy atom. The van der Waals surface area contributed by atoms with E-state index in [9.17, 15) is 18.0 Å². The number of carbonyl (C=O) groups is 2. The molecular formula is C16H19N3O5S. The molecule has 9 heteroatoms. The number of hydrazone groups is 1. The number of likely N-dealkylation sites (tertiary alicyclic amines) is 1. The molecule has 1 amide bonds. The summed E-state index contributed by atoms with van der Waals surface area (Å²) in [6.07, 6.45) is 1.66. The molecule has 2 heterocycles. The molecule has 1 aromatic carbocycles. The molecule has 8 nitrogen and oxygen atoms in total. The zero-order chi connectivity index (χ0) is 18.2. The van der Waals surface area contributed by atoms with Gasteiger partial charge < -0.3 is 9.64 Å². The first-order chi connectivity index (χ1) is 11.9. The van der Waals surface area contributed by atoms with Crippen LogP contribution in [0.1, 0.15) is 19.8 Å². The Morgan fingerprint density at radius 2 is 1.84 bits per heavy atom. The normalized spacial score (nSPS) is 19.8. The van der Waals surface area contributed by atoms with E-state index >= 15 is 0 Å². The largest absolute Gasteiger partial charge is 0.467 e. The third kappa shape index (κ3) is 2.88. The van der Waals surface area contributed by atoms with E-state index in [1.54, 1.807) is 25.1 Å². The number of rotatable bonds is 3. The Balaban J connectivity index is 2.12. The van der Waals surface area contributed by atoms with Crippen LogP contribution in [0.3, 0.4) is 0 Å². The van der Waals surface area contributed by atoms with Crippen molar-refractivity contribution in [1.29, 1.82) is 0 Å². The van der Waals surface area contributed by atoms with Gasteiger partial charge in [-0.05, 0) is 31.9 Å². The van der Waals surface area contributed by atoms with Gasteiger partial charge in [-0.3, -0.25) is 4.79 Å². The van der Waals surface area contributed by atoms with Gasteiger partial charge in [-0.25, -0.2) is 18.2 Å². The summed E-state index contributed by atoms with van der Waals surface area (Å²) < 4.78 is 30.5.